The lowest BCUT2D eigenvalue weighted by Crippen LogP contribution is -2.21. The van der Waals surface area contributed by atoms with E-state index in [4.69, 9.17) is 4.74 Å². The number of rotatable bonds is 5. The van der Waals surface area contributed by atoms with Gasteiger partial charge in [0.05, 0.1) is 15.8 Å². The number of benzene rings is 2. The summed E-state index contributed by atoms with van der Waals surface area (Å²) < 4.78 is 62.8. The van der Waals surface area contributed by atoms with Crippen molar-refractivity contribution in [2.24, 2.45) is 7.05 Å². The smallest absolute Gasteiger partial charge is 0.416 e. The number of hydrogen-bond acceptors (Lipinski definition) is 4. The molecule has 0 aliphatic carbocycles. The predicted octanol–water partition coefficient (Wildman–Crippen LogP) is 6.58. The Morgan fingerprint density at radius 3 is 2.36 bits per heavy atom. The highest BCUT2D eigenvalue weighted by molar-refractivity contribution is 7.21. The van der Waals surface area contributed by atoms with Crippen LogP contribution in [0, 0.1) is 19.7 Å². The van der Waals surface area contributed by atoms with Gasteiger partial charge in [0.25, 0.3) is 11.5 Å². The number of pyridine rings is 1. The molecule has 0 spiro atoms. The van der Waals surface area contributed by atoms with E-state index in [1.807, 2.05) is 0 Å². The first-order valence-electron chi connectivity index (χ1n) is 11.0. The minimum absolute atomic E-state index is 0.0971. The third kappa shape index (κ3) is 4.86. The first kappa shape index (κ1) is 25.4. The van der Waals surface area contributed by atoms with E-state index in [0.717, 1.165) is 23.5 Å². The van der Waals surface area contributed by atoms with Crippen LogP contribution in [0.4, 0.5) is 17.6 Å². The molecule has 4 rings (SSSR count). The number of fused-ring (bicyclic) bond motifs is 1. The monoisotopic (exact) mass is 518 g/mol. The molecule has 36 heavy (non-hydrogen) atoms. The Labute approximate surface area is 208 Å². The van der Waals surface area contributed by atoms with Gasteiger partial charge in [0.2, 0.25) is 0 Å². The number of carbonyl (C=O) groups excluding carboxylic acids is 1. The molecule has 0 fully saturated rings. The molecule has 0 atom stereocenters. The lowest BCUT2D eigenvalue weighted by Gasteiger charge is -2.16. The van der Waals surface area contributed by atoms with E-state index in [2.05, 4.69) is 5.32 Å². The highest BCUT2D eigenvalue weighted by Crippen LogP contribution is 2.41. The normalized spacial score (nSPS) is 11.7. The Morgan fingerprint density at radius 2 is 1.75 bits per heavy atom. The Bertz CT molecular complexity index is 1530. The van der Waals surface area contributed by atoms with Crippen LogP contribution in [0.2, 0.25) is 0 Å². The zero-order valence-electron chi connectivity index (χ0n) is 19.8. The minimum atomic E-state index is -4.68. The molecule has 0 radical (unpaired) electrons. The summed E-state index contributed by atoms with van der Waals surface area (Å²) in [5.41, 5.74) is 0.0383. The van der Waals surface area contributed by atoms with Crippen molar-refractivity contribution in [3.05, 3.63) is 80.3 Å². The average molecular weight is 519 g/mol. The largest absolute Gasteiger partial charge is 0.457 e. The second kappa shape index (κ2) is 9.42. The summed E-state index contributed by atoms with van der Waals surface area (Å²) in [6.45, 7) is 5.34. The molecule has 4 aromatic rings. The zero-order valence-corrected chi connectivity index (χ0v) is 20.7. The van der Waals surface area contributed by atoms with Gasteiger partial charge in [0, 0.05) is 30.1 Å². The number of aromatic nitrogens is 1. The number of thiophene rings is 1. The summed E-state index contributed by atoms with van der Waals surface area (Å²) in [7, 11) is 1.49. The maximum Gasteiger partial charge on any atom is 0.416 e. The lowest BCUT2D eigenvalue weighted by molar-refractivity contribution is -0.137. The van der Waals surface area contributed by atoms with Gasteiger partial charge in [-0.1, -0.05) is 0 Å². The lowest BCUT2D eigenvalue weighted by atomic mass is 10.0. The average Bonchev–Trinajstić information content (AvgIpc) is 3.24. The van der Waals surface area contributed by atoms with E-state index >= 15 is 0 Å². The standard InChI is InChI=1S/C26H22F4N2O3S/c1-5-31-24(33)21-11-19-23(36-21)20(12-32(4)25(19)34)15-8-16(26(28,29)30)10-18(9-15)35-22-13(2)6-17(27)7-14(22)3/h6-12H,5H2,1-4H3,(H,31,33). The van der Waals surface area contributed by atoms with Crippen LogP contribution in [0.3, 0.4) is 0 Å². The SMILES string of the molecule is CCNC(=O)c1cc2c(=O)n(C)cc(-c3cc(Oc4c(C)cc(F)cc4C)cc(C(F)(F)F)c3)c2s1. The number of carbonyl (C=O) groups is 1. The molecule has 0 aliphatic heterocycles. The number of ether oxygens (including phenoxy) is 1. The van der Waals surface area contributed by atoms with Crippen molar-refractivity contribution in [2.45, 2.75) is 26.9 Å². The van der Waals surface area contributed by atoms with Crippen LogP contribution in [0.5, 0.6) is 11.5 Å². The maximum absolute atomic E-state index is 13.9. The number of alkyl halides is 3. The number of aryl methyl sites for hydroxylation is 3. The maximum atomic E-state index is 13.9. The van der Waals surface area contributed by atoms with Crippen molar-refractivity contribution in [3.63, 3.8) is 0 Å². The molecule has 1 amide bonds. The second-order valence-corrected chi connectivity index (χ2v) is 9.44. The van der Waals surface area contributed by atoms with Gasteiger partial charge in [0.15, 0.2) is 0 Å². The fraction of sp³-hybridized carbons (Fsp3) is 0.231. The summed E-state index contributed by atoms with van der Waals surface area (Å²) >= 11 is 1.03. The number of nitrogens with zero attached hydrogens (tertiary/aromatic N) is 1. The highest BCUT2D eigenvalue weighted by atomic mass is 32.1. The van der Waals surface area contributed by atoms with Crippen LogP contribution in [0.15, 0.2) is 47.4 Å². The van der Waals surface area contributed by atoms with Gasteiger partial charge in [-0.25, -0.2) is 4.39 Å². The molecule has 0 bridgehead atoms. The molecule has 2 aromatic carbocycles. The second-order valence-electron chi connectivity index (χ2n) is 8.39. The van der Waals surface area contributed by atoms with Gasteiger partial charge in [-0.05, 0) is 73.9 Å². The van der Waals surface area contributed by atoms with Gasteiger partial charge in [-0.2, -0.15) is 13.2 Å². The third-order valence-corrected chi connectivity index (χ3v) is 6.77. The van der Waals surface area contributed by atoms with Crippen LogP contribution in [0.25, 0.3) is 21.2 Å². The van der Waals surface area contributed by atoms with Crippen molar-refractivity contribution < 1.29 is 27.1 Å². The third-order valence-electron chi connectivity index (χ3n) is 5.60. The number of hydrogen-bond donors (Lipinski definition) is 1. The van der Waals surface area contributed by atoms with E-state index in [-0.39, 0.29) is 38.8 Å². The number of nitrogens with one attached hydrogen (secondary N) is 1. The molecule has 0 aliphatic rings. The van der Waals surface area contributed by atoms with Crippen molar-refractivity contribution in [3.8, 4) is 22.6 Å². The molecular formula is C26H22F4N2O3S. The Morgan fingerprint density at radius 1 is 1.08 bits per heavy atom. The summed E-state index contributed by atoms with van der Waals surface area (Å²) in [6, 6.07) is 7.21. The van der Waals surface area contributed by atoms with Gasteiger partial charge in [-0.15, -0.1) is 11.3 Å². The number of halogens is 4. The van der Waals surface area contributed by atoms with E-state index in [9.17, 15) is 27.2 Å². The van der Waals surface area contributed by atoms with E-state index < -0.39 is 17.6 Å². The predicted molar refractivity (Wildman–Crippen MR) is 131 cm³/mol. The van der Waals surface area contributed by atoms with Crippen LogP contribution < -0.4 is 15.6 Å². The Kier molecular flexibility index (Phi) is 6.66. The number of amides is 1. The fourth-order valence-electron chi connectivity index (χ4n) is 3.97. The first-order valence-corrected chi connectivity index (χ1v) is 11.8. The first-order chi connectivity index (χ1) is 16.9. The quantitative estimate of drug-likeness (QED) is 0.304. The molecule has 2 heterocycles. The molecular weight excluding hydrogens is 496 g/mol. The summed E-state index contributed by atoms with van der Waals surface area (Å²) in [5.74, 6) is -0.695. The molecule has 0 saturated heterocycles. The van der Waals surface area contributed by atoms with Crippen LogP contribution in [-0.4, -0.2) is 17.0 Å². The van der Waals surface area contributed by atoms with Gasteiger partial charge >= 0.3 is 6.18 Å². The molecule has 5 nitrogen and oxygen atoms in total. The van der Waals surface area contributed by atoms with Crippen LogP contribution >= 0.6 is 11.3 Å². The van der Waals surface area contributed by atoms with Gasteiger partial charge in [0.1, 0.15) is 17.3 Å². The molecule has 10 heteroatoms. The fourth-order valence-corrected chi connectivity index (χ4v) is 5.07. The van der Waals surface area contributed by atoms with E-state index in [1.165, 1.54) is 42.1 Å². The van der Waals surface area contributed by atoms with E-state index in [1.54, 1.807) is 20.8 Å². The summed E-state index contributed by atoms with van der Waals surface area (Å²) in [5, 5.41) is 2.89. The molecule has 2 aromatic heterocycles. The minimum Gasteiger partial charge on any atom is -0.457 e. The molecule has 1 N–H and O–H groups in total. The zero-order chi connectivity index (χ0) is 26.4. The van der Waals surface area contributed by atoms with Crippen LogP contribution in [-0.2, 0) is 13.2 Å². The molecule has 0 saturated carbocycles. The molecule has 0 unspecified atom stereocenters. The summed E-state index contributed by atoms with van der Waals surface area (Å²) in [6.07, 6.45) is -3.24. The van der Waals surface area contributed by atoms with Crippen molar-refractivity contribution in [1.82, 2.24) is 9.88 Å². The van der Waals surface area contributed by atoms with Crippen molar-refractivity contribution >= 4 is 27.3 Å². The van der Waals surface area contributed by atoms with Gasteiger partial charge < -0.3 is 14.6 Å². The van der Waals surface area contributed by atoms with Crippen LogP contribution in [0.1, 0.15) is 33.3 Å². The Hall–Kier alpha value is -3.66. The highest BCUT2D eigenvalue weighted by Gasteiger charge is 2.32. The van der Waals surface area contributed by atoms with Crippen molar-refractivity contribution in [2.75, 3.05) is 6.54 Å². The van der Waals surface area contributed by atoms with Crippen molar-refractivity contribution in [1.29, 1.82) is 0 Å². The van der Waals surface area contributed by atoms with E-state index in [0.29, 0.717) is 27.9 Å². The molecule has 188 valence electrons. The topological polar surface area (TPSA) is 60.3 Å². The summed E-state index contributed by atoms with van der Waals surface area (Å²) in [4.78, 5) is 25.4. The Balaban J connectivity index is 1.94. The van der Waals surface area contributed by atoms with Gasteiger partial charge in [-0.3, -0.25) is 9.59 Å².